The number of hydrogen-bond acceptors (Lipinski definition) is 5. The van der Waals surface area contributed by atoms with Crippen LogP contribution in [-0.2, 0) is 0 Å². The molecule has 0 fully saturated rings. The van der Waals surface area contributed by atoms with E-state index in [0.717, 1.165) is 6.42 Å². The maximum Gasteiger partial charge on any atom is 0.270 e. The van der Waals surface area contributed by atoms with Gasteiger partial charge in [-0.15, -0.1) is 0 Å². The zero-order valence-corrected chi connectivity index (χ0v) is 11.6. The number of para-hydroxylation sites is 1. The Morgan fingerprint density at radius 3 is 2.90 bits per heavy atom. The van der Waals surface area contributed by atoms with Crippen LogP contribution < -0.4 is 10.6 Å². The van der Waals surface area contributed by atoms with E-state index in [2.05, 4.69) is 26.7 Å². The van der Waals surface area contributed by atoms with Crippen LogP contribution in [0.3, 0.4) is 0 Å². The van der Waals surface area contributed by atoms with E-state index in [1.54, 1.807) is 24.3 Å². The highest BCUT2D eigenvalue weighted by Crippen LogP contribution is 2.18. The fraction of sp³-hybridized carbons (Fsp3) is 0.200. The molecule has 0 radical (unpaired) electrons. The Labute approximate surface area is 122 Å². The molecule has 21 heavy (non-hydrogen) atoms. The highest BCUT2D eigenvalue weighted by Gasteiger charge is 2.09. The molecule has 1 aromatic carbocycles. The number of benzene rings is 1. The van der Waals surface area contributed by atoms with E-state index in [-0.39, 0.29) is 11.6 Å². The van der Waals surface area contributed by atoms with Crippen LogP contribution >= 0.6 is 0 Å². The van der Waals surface area contributed by atoms with Crippen molar-refractivity contribution in [3.8, 4) is 6.07 Å². The Kier molecular flexibility index (Phi) is 4.83. The number of aromatic nitrogens is 2. The van der Waals surface area contributed by atoms with Crippen LogP contribution in [0.1, 0.15) is 29.4 Å². The third kappa shape index (κ3) is 3.76. The molecule has 0 bridgehead atoms. The molecule has 106 valence electrons. The van der Waals surface area contributed by atoms with Gasteiger partial charge in [-0.3, -0.25) is 4.79 Å². The van der Waals surface area contributed by atoms with Crippen LogP contribution in [0.25, 0.3) is 0 Å². The minimum Gasteiger partial charge on any atom is -0.351 e. The van der Waals surface area contributed by atoms with Gasteiger partial charge < -0.3 is 10.6 Å². The molecule has 0 aliphatic carbocycles. The van der Waals surface area contributed by atoms with Gasteiger partial charge in [0, 0.05) is 12.6 Å². The fourth-order valence-electron chi connectivity index (χ4n) is 1.71. The number of carbonyl (C=O) groups excluding carboxylic acids is 1. The maximum absolute atomic E-state index is 11.8. The average molecular weight is 281 g/mol. The topological polar surface area (TPSA) is 90.7 Å². The molecule has 2 rings (SSSR count). The minimum atomic E-state index is -0.240. The predicted molar refractivity (Wildman–Crippen MR) is 79.1 cm³/mol. The molecule has 6 heteroatoms. The minimum absolute atomic E-state index is 0.240. The monoisotopic (exact) mass is 281 g/mol. The number of nitrogens with zero attached hydrogens (tertiary/aromatic N) is 3. The molecular weight excluding hydrogens is 266 g/mol. The van der Waals surface area contributed by atoms with E-state index in [0.29, 0.717) is 23.6 Å². The van der Waals surface area contributed by atoms with E-state index in [4.69, 9.17) is 5.26 Å². The van der Waals surface area contributed by atoms with Crippen LogP contribution in [0, 0.1) is 11.3 Å². The van der Waals surface area contributed by atoms with E-state index in [9.17, 15) is 4.79 Å². The van der Waals surface area contributed by atoms with Gasteiger partial charge in [-0.25, -0.2) is 9.97 Å². The van der Waals surface area contributed by atoms with Gasteiger partial charge in [0.25, 0.3) is 5.91 Å². The smallest absolute Gasteiger partial charge is 0.270 e. The van der Waals surface area contributed by atoms with E-state index in [1.807, 2.05) is 13.0 Å². The van der Waals surface area contributed by atoms with Gasteiger partial charge in [0.2, 0.25) is 0 Å². The van der Waals surface area contributed by atoms with Gasteiger partial charge in [-0.2, -0.15) is 5.26 Å². The lowest BCUT2D eigenvalue weighted by atomic mass is 10.2. The summed E-state index contributed by atoms with van der Waals surface area (Å²) in [5, 5.41) is 14.8. The van der Waals surface area contributed by atoms with Crippen molar-refractivity contribution < 1.29 is 4.79 Å². The zero-order chi connectivity index (χ0) is 15.1. The van der Waals surface area contributed by atoms with E-state index in [1.165, 1.54) is 6.33 Å². The lowest BCUT2D eigenvalue weighted by Gasteiger charge is -2.08. The number of anilines is 2. The largest absolute Gasteiger partial charge is 0.351 e. The SMILES string of the molecule is CCCNC(=O)c1cc(Nc2ccccc2C#N)ncn1. The van der Waals surface area contributed by atoms with Crippen LogP contribution in [0.15, 0.2) is 36.7 Å². The second kappa shape index (κ2) is 7.01. The van der Waals surface area contributed by atoms with Gasteiger partial charge in [-0.1, -0.05) is 19.1 Å². The first-order valence-electron chi connectivity index (χ1n) is 6.61. The number of rotatable bonds is 5. The Morgan fingerprint density at radius 1 is 1.33 bits per heavy atom. The Hall–Kier alpha value is -2.94. The fourth-order valence-corrected chi connectivity index (χ4v) is 1.71. The molecule has 0 aliphatic heterocycles. The van der Waals surface area contributed by atoms with Crippen LogP contribution in [-0.4, -0.2) is 22.4 Å². The highest BCUT2D eigenvalue weighted by molar-refractivity contribution is 5.93. The van der Waals surface area contributed by atoms with E-state index < -0.39 is 0 Å². The summed E-state index contributed by atoms with van der Waals surface area (Å²) in [5.41, 5.74) is 1.43. The highest BCUT2D eigenvalue weighted by atomic mass is 16.1. The summed E-state index contributed by atoms with van der Waals surface area (Å²) in [6.45, 7) is 2.58. The van der Waals surface area contributed by atoms with Crippen molar-refractivity contribution in [2.45, 2.75) is 13.3 Å². The molecule has 1 amide bonds. The second-order valence-corrected chi connectivity index (χ2v) is 4.33. The molecule has 6 nitrogen and oxygen atoms in total. The van der Waals surface area contributed by atoms with Gasteiger partial charge in [0.1, 0.15) is 23.9 Å². The molecule has 0 atom stereocenters. The third-order valence-electron chi connectivity index (χ3n) is 2.75. The predicted octanol–water partition coefficient (Wildman–Crippen LogP) is 2.23. The van der Waals surface area contributed by atoms with E-state index >= 15 is 0 Å². The summed E-state index contributed by atoms with van der Waals surface area (Å²) < 4.78 is 0. The van der Waals surface area contributed by atoms with Crippen molar-refractivity contribution in [3.63, 3.8) is 0 Å². The third-order valence-corrected chi connectivity index (χ3v) is 2.75. The summed E-state index contributed by atoms with van der Waals surface area (Å²) in [4.78, 5) is 19.9. The zero-order valence-electron chi connectivity index (χ0n) is 11.6. The Morgan fingerprint density at radius 2 is 2.14 bits per heavy atom. The number of nitriles is 1. The van der Waals surface area contributed by atoms with Gasteiger partial charge >= 0.3 is 0 Å². The lowest BCUT2D eigenvalue weighted by molar-refractivity contribution is 0.0948. The molecule has 2 N–H and O–H groups in total. The van der Waals surface area contributed by atoms with Crippen molar-refractivity contribution in [2.75, 3.05) is 11.9 Å². The molecule has 2 aromatic rings. The van der Waals surface area contributed by atoms with Crippen molar-refractivity contribution in [1.82, 2.24) is 15.3 Å². The number of carbonyl (C=O) groups is 1. The van der Waals surface area contributed by atoms with Crippen molar-refractivity contribution in [1.29, 1.82) is 5.26 Å². The number of hydrogen-bond donors (Lipinski definition) is 2. The normalized spacial score (nSPS) is 9.71. The Balaban J connectivity index is 2.18. The molecule has 0 aliphatic rings. The molecule has 0 spiro atoms. The van der Waals surface area contributed by atoms with Crippen molar-refractivity contribution in [2.24, 2.45) is 0 Å². The first-order valence-corrected chi connectivity index (χ1v) is 6.61. The van der Waals surface area contributed by atoms with Crippen LogP contribution in [0.2, 0.25) is 0 Å². The summed E-state index contributed by atoms with van der Waals surface area (Å²) in [7, 11) is 0. The standard InChI is InChI=1S/C15H15N5O/c1-2-7-17-15(21)13-8-14(19-10-18-13)20-12-6-4-3-5-11(12)9-16/h3-6,8,10H,2,7H2,1H3,(H,17,21)(H,18,19,20). The summed E-state index contributed by atoms with van der Waals surface area (Å²) >= 11 is 0. The molecule has 0 unspecified atom stereocenters. The molecule has 1 heterocycles. The summed E-state index contributed by atoms with van der Waals surface area (Å²) in [6, 6.07) is 10.7. The molecule has 1 aromatic heterocycles. The summed E-state index contributed by atoms with van der Waals surface area (Å²) in [6.07, 6.45) is 2.18. The van der Waals surface area contributed by atoms with Crippen molar-refractivity contribution in [3.05, 3.63) is 47.9 Å². The summed E-state index contributed by atoms with van der Waals surface area (Å²) in [5.74, 6) is 0.227. The molecule has 0 saturated heterocycles. The lowest BCUT2D eigenvalue weighted by Crippen LogP contribution is -2.25. The molecular formula is C15H15N5O. The first-order chi connectivity index (χ1) is 10.2. The quantitative estimate of drug-likeness (QED) is 0.877. The van der Waals surface area contributed by atoms with Gasteiger partial charge in [0.15, 0.2) is 0 Å². The molecule has 0 saturated carbocycles. The van der Waals surface area contributed by atoms with Gasteiger partial charge in [-0.05, 0) is 18.6 Å². The van der Waals surface area contributed by atoms with Crippen LogP contribution in [0.5, 0.6) is 0 Å². The van der Waals surface area contributed by atoms with Crippen molar-refractivity contribution >= 4 is 17.4 Å². The van der Waals surface area contributed by atoms with Gasteiger partial charge in [0.05, 0.1) is 11.3 Å². The van der Waals surface area contributed by atoms with Crippen LogP contribution in [0.4, 0.5) is 11.5 Å². The Bertz CT molecular complexity index is 678. The number of nitrogens with one attached hydrogen (secondary N) is 2. The second-order valence-electron chi connectivity index (χ2n) is 4.33. The average Bonchev–Trinajstić information content (AvgIpc) is 2.53. The first kappa shape index (κ1) is 14.5. The number of amides is 1. The maximum atomic E-state index is 11.8.